The largest absolute Gasteiger partial charge is 0.387 e. The van der Waals surface area contributed by atoms with Gasteiger partial charge in [-0.1, -0.05) is 0 Å². The van der Waals surface area contributed by atoms with Gasteiger partial charge in [0.2, 0.25) is 0 Å². The molecule has 1 aliphatic rings. The molecule has 0 aromatic rings. The van der Waals surface area contributed by atoms with Gasteiger partial charge in [0.1, 0.15) is 24.4 Å². The fourth-order valence-corrected chi connectivity index (χ4v) is 1.36. The first-order valence-corrected chi connectivity index (χ1v) is 4.92. The van der Waals surface area contributed by atoms with Gasteiger partial charge < -0.3 is 29.9 Å². The summed E-state index contributed by atoms with van der Waals surface area (Å²) in [5.74, 6) is 0. The second kappa shape index (κ2) is 5.20. The highest BCUT2D eigenvalue weighted by molar-refractivity contribution is 4.88. The second-order valence-corrected chi connectivity index (χ2v) is 3.92. The fourth-order valence-electron chi connectivity index (χ4n) is 1.36. The van der Waals surface area contributed by atoms with Gasteiger partial charge in [-0.25, -0.2) is 0 Å². The Kier molecular flexibility index (Phi) is 4.45. The minimum absolute atomic E-state index is 0.0399. The number of aliphatic hydroxyl groups is 4. The fraction of sp³-hybridized carbons (Fsp3) is 1.00. The summed E-state index contributed by atoms with van der Waals surface area (Å²) in [6, 6.07) is 0. The molecule has 15 heavy (non-hydrogen) atoms. The minimum Gasteiger partial charge on any atom is -0.387 e. The molecule has 0 bridgehead atoms. The Morgan fingerprint density at radius 2 is 1.67 bits per heavy atom. The number of hydrogen-bond acceptors (Lipinski definition) is 6. The summed E-state index contributed by atoms with van der Waals surface area (Å²) in [4.78, 5) is 0. The lowest BCUT2D eigenvalue weighted by molar-refractivity contribution is -0.289. The molecule has 5 atom stereocenters. The van der Waals surface area contributed by atoms with Gasteiger partial charge in [0, 0.05) is 0 Å². The molecule has 1 fully saturated rings. The molecule has 0 spiro atoms. The van der Waals surface area contributed by atoms with Crippen LogP contribution >= 0.6 is 0 Å². The summed E-state index contributed by atoms with van der Waals surface area (Å²) in [5.41, 5.74) is 0. The van der Waals surface area contributed by atoms with Crippen LogP contribution in [0.15, 0.2) is 0 Å². The van der Waals surface area contributed by atoms with Crippen molar-refractivity contribution < 1.29 is 29.9 Å². The van der Waals surface area contributed by atoms with Gasteiger partial charge >= 0.3 is 0 Å². The van der Waals surface area contributed by atoms with Crippen LogP contribution in [0.1, 0.15) is 13.8 Å². The quantitative estimate of drug-likeness (QED) is 0.450. The van der Waals surface area contributed by atoms with Crippen LogP contribution in [0.25, 0.3) is 0 Å². The van der Waals surface area contributed by atoms with E-state index >= 15 is 0 Å². The van der Waals surface area contributed by atoms with Gasteiger partial charge in [0.15, 0.2) is 6.29 Å². The summed E-state index contributed by atoms with van der Waals surface area (Å²) in [6.45, 7) is 3.69. The van der Waals surface area contributed by atoms with E-state index in [0.717, 1.165) is 0 Å². The van der Waals surface area contributed by atoms with Gasteiger partial charge in [-0.2, -0.15) is 0 Å². The molecular weight excluding hydrogens is 204 g/mol. The Hall–Kier alpha value is -0.240. The SMILES string of the molecule is CC(C)OCC1O[C@H](O)C(O)[C@@H](O)[C@@H]1O. The third-order valence-corrected chi connectivity index (χ3v) is 2.28. The van der Waals surface area contributed by atoms with E-state index in [9.17, 15) is 20.4 Å². The second-order valence-electron chi connectivity index (χ2n) is 3.92. The third kappa shape index (κ3) is 3.10. The summed E-state index contributed by atoms with van der Waals surface area (Å²) in [5, 5.41) is 37.3. The van der Waals surface area contributed by atoms with Crippen molar-refractivity contribution in [2.45, 2.75) is 50.7 Å². The van der Waals surface area contributed by atoms with E-state index in [1.54, 1.807) is 0 Å². The van der Waals surface area contributed by atoms with Crippen molar-refractivity contribution in [1.82, 2.24) is 0 Å². The molecule has 4 N–H and O–H groups in total. The molecule has 2 unspecified atom stereocenters. The zero-order chi connectivity index (χ0) is 11.6. The Labute approximate surface area is 88.1 Å². The number of rotatable bonds is 3. The van der Waals surface area contributed by atoms with Crippen LogP contribution in [0.4, 0.5) is 0 Å². The van der Waals surface area contributed by atoms with E-state index in [1.165, 1.54) is 0 Å². The van der Waals surface area contributed by atoms with Crippen LogP contribution in [0.5, 0.6) is 0 Å². The van der Waals surface area contributed by atoms with E-state index in [4.69, 9.17) is 9.47 Å². The molecule has 1 aliphatic heterocycles. The van der Waals surface area contributed by atoms with Crippen LogP contribution in [0, 0.1) is 0 Å². The first kappa shape index (κ1) is 12.8. The van der Waals surface area contributed by atoms with Crippen molar-refractivity contribution in [3.05, 3.63) is 0 Å². The van der Waals surface area contributed by atoms with Crippen LogP contribution in [-0.2, 0) is 9.47 Å². The predicted molar refractivity (Wildman–Crippen MR) is 50.0 cm³/mol. The van der Waals surface area contributed by atoms with E-state index in [-0.39, 0.29) is 12.7 Å². The van der Waals surface area contributed by atoms with Crippen molar-refractivity contribution in [2.75, 3.05) is 6.61 Å². The van der Waals surface area contributed by atoms with Crippen LogP contribution < -0.4 is 0 Å². The lowest BCUT2D eigenvalue weighted by atomic mass is 9.99. The zero-order valence-electron chi connectivity index (χ0n) is 8.78. The molecule has 1 rings (SSSR count). The van der Waals surface area contributed by atoms with Crippen molar-refractivity contribution >= 4 is 0 Å². The monoisotopic (exact) mass is 222 g/mol. The number of hydrogen-bond donors (Lipinski definition) is 4. The lowest BCUT2D eigenvalue weighted by Gasteiger charge is -2.38. The molecule has 0 radical (unpaired) electrons. The smallest absolute Gasteiger partial charge is 0.184 e. The highest BCUT2D eigenvalue weighted by Gasteiger charge is 2.42. The first-order valence-electron chi connectivity index (χ1n) is 4.92. The van der Waals surface area contributed by atoms with Gasteiger partial charge in [-0.05, 0) is 13.8 Å². The van der Waals surface area contributed by atoms with E-state index in [0.29, 0.717) is 0 Å². The highest BCUT2D eigenvalue weighted by Crippen LogP contribution is 2.20. The molecule has 0 aromatic carbocycles. The van der Waals surface area contributed by atoms with Crippen LogP contribution in [-0.4, -0.2) is 63.8 Å². The molecule has 90 valence electrons. The van der Waals surface area contributed by atoms with Crippen molar-refractivity contribution in [1.29, 1.82) is 0 Å². The zero-order valence-corrected chi connectivity index (χ0v) is 8.78. The Morgan fingerprint density at radius 1 is 1.07 bits per heavy atom. The summed E-state index contributed by atoms with van der Waals surface area (Å²) < 4.78 is 10.1. The van der Waals surface area contributed by atoms with Gasteiger partial charge in [0.25, 0.3) is 0 Å². The van der Waals surface area contributed by atoms with Crippen LogP contribution in [0.3, 0.4) is 0 Å². The molecular formula is C9H18O6. The van der Waals surface area contributed by atoms with Crippen molar-refractivity contribution in [3.8, 4) is 0 Å². The molecule has 0 aliphatic carbocycles. The van der Waals surface area contributed by atoms with Gasteiger partial charge in [-0.15, -0.1) is 0 Å². The predicted octanol–water partition coefficient (Wildman–Crippen LogP) is -1.79. The maximum absolute atomic E-state index is 9.51. The number of aliphatic hydroxyl groups excluding tert-OH is 4. The lowest BCUT2D eigenvalue weighted by Crippen LogP contribution is -2.58. The average Bonchev–Trinajstić information content (AvgIpc) is 2.18. The van der Waals surface area contributed by atoms with E-state index < -0.39 is 30.7 Å². The van der Waals surface area contributed by atoms with Crippen LogP contribution in [0.2, 0.25) is 0 Å². The molecule has 1 heterocycles. The Bertz CT molecular complexity index is 197. The standard InChI is InChI=1S/C9H18O6/c1-4(2)14-3-5-6(10)7(11)8(12)9(13)15-5/h4-13H,3H2,1-2H3/t5?,6-,7+,8?,9+/m1/s1. The Balaban J connectivity index is 2.51. The van der Waals surface area contributed by atoms with E-state index in [1.807, 2.05) is 13.8 Å². The normalized spacial score (nSPS) is 42.2. The topological polar surface area (TPSA) is 99.4 Å². The summed E-state index contributed by atoms with van der Waals surface area (Å²) in [7, 11) is 0. The Morgan fingerprint density at radius 3 is 2.20 bits per heavy atom. The van der Waals surface area contributed by atoms with E-state index in [2.05, 4.69) is 0 Å². The molecule has 0 aromatic heterocycles. The summed E-state index contributed by atoms with van der Waals surface area (Å²) in [6.07, 6.45) is -6.54. The molecule has 6 heteroatoms. The summed E-state index contributed by atoms with van der Waals surface area (Å²) >= 11 is 0. The maximum Gasteiger partial charge on any atom is 0.184 e. The molecule has 0 saturated carbocycles. The minimum atomic E-state index is -1.50. The van der Waals surface area contributed by atoms with Gasteiger partial charge in [0.05, 0.1) is 12.7 Å². The molecule has 0 amide bonds. The maximum atomic E-state index is 9.51. The molecule has 6 nitrogen and oxygen atoms in total. The van der Waals surface area contributed by atoms with Gasteiger partial charge in [-0.3, -0.25) is 0 Å². The van der Waals surface area contributed by atoms with Crippen molar-refractivity contribution in [2.24, 2.45) is 0 Å². The van der Waals surface area contributed by atoms with Crippen molar-refractivity contribution in [3.63, 3.8) is 0 Å². The first-order chi connectivity index (χ1) is 6.93. The highest BCUT2D eigenvalue weighted by atomic mass is 16.6. The number of ether oxygens (including phenoxy) is 2. The third-order valence-electron chi connectivity index (χ3n) is 2.28. The average molecular weight is 222 g/mol. The molecule has 1 saturated heterocycles.